The minimum atomic E-state index is -0.0873. The number of phenols is 2. The number of phenolic OH excluding ortho intramolecular Hbond substituents is 2. The molecule has 1 aliphatic rings. The second-order valence-electron chi connectivity index (χ2n) is 5.30. The van der Waals surface area contributed by atoms with Gasteiger partial charge in [0, 0.05) is 29.7 Å². The van der Waals surface area contributed by atoms with Crippen molar-refractivity contribution in [3.05, 3.63) is 58.3 Å². The van der Waals surface area contributed by atoms with E-state index in [-0.39, 0.29) is 23.7 Å². The summed E-state index contributed by atoms with van der Waals surface area (Å²) in [4.78, 5) is 0. The van der Waals surface area contributed by atoms with Crippen molar-refractivity contribution < 1.29 is 20.1 Å². The number of aryl methyl sites for hydroxylation is 2. The summed E-state index contributed by atoms with van der Waals surface area (Å²) in [6.45, 7) is 4.01. The van der Waals surface area contributed by atoms with Gasteiger partial charge in [0.05, 0.1) is 0 Å². The number of benzene rings is 2. The van der Waals surface area contributed by atoms with Gasteiger partial charge < -0.3 is 20.1 Å². The molecule has 0 saturated heterocycles. The number of hydrogen-bond donors (Lipinski definition) is 3. The van der Waals surface area contributed by atoms with E-state index in [4.69, 9.17) is 4.74 Å². The molecule has 0 aliphatic carbocycles. The van der Waals surface area contributed by atoms with Gasteiger partial charge in [-0.1, -0.05) is 12.1 Å². The van der Waals surface area contributed by atoms with Crippen LogP contribution in [0.2, 0.25) is 0 Å². The molecule has 4 heteroatoms. The van der Waals surface area contributed by atoms with Gasteiger partial charge >= 0.3 is 0 Å². The lowest BCUT2D eigenvalue weighted by atomic mass is 10.00. The zero-order chi connectivity index (χ0) is 15.1. The molecule has 0 aromatic heterocycles. The van der Waals surface area contributed by atoms with E-state index >= 15 is 0 Å². The highest BCUT2D eigenvalue weighted by atomic mass is 16.5. The third kappa shape index (κ3) is 2.29. The van der Waals surface area contributed by atoms with Crippen molar-refractivity contribution >= 4 is 5.76 Å². The molecule has 0 bridgehead atoms. The number of hydrogen-bond acceptors (Lipinski definition) is 4. The molecule has 4 nitrogen and oxygen atoms in total. The molecular formula is C17H16O4. The predicted molar refractivity (Wildman–Crippen MR) is 79.6 cm³/mol. The number of ether oxygens (including phenoxy) is 1. The van der Waals surface area contributed by atoms with Crippen molar-refractivity contribution in [2.24, 2.45) is 0 Å². The fourth-order valence-corrected chi connectivity index (χ4v) is 2.41. The third-order valence-corrected chi connectivity index (χ3v) is 3.76. The smallest absolute Gasteiger partial charge is 0.172 e. The number of rotatable bonds is 1. The molecule has 3 rings (SSSR count). The first-order valence-corrected chi connectivity index (χ1v) is 6.68. The molecule has 0 unspecified atom stereocenters. The number of allylic oxidation sites excluding steroid dienone is 1. The van der Waals surface area contributed by atoms with Gasteiger partial charge in [-0.05, 0) is 31.0 Å². The molecule has 3 N–H and O–H groups in total. The van der Waals surface area contributed by atoms with Crippen molar-refractivity contribution in [3.63, 3.8) is 0 Å². The highest BCUT2D eigenvalue weighted by molar-refractivity contribution is 5.69. The van der Waals surface area contributed by atoms with Crippen molar-refractivity contribution in [1.29, 1.82) is 0 Å². The first kappa shape index (κ1) is 13.4. The van der Waals surface area contributed by atoms with E-state index in [1.807, 2.05) is 32.0 Å². The fourth-order valence-electron chi connectivity index (χ4n) is 2.41. The highest BCUT2D eigenvalue weighted by Crippen LogP contribution is 2.40. The Kier molecular flexibility index (Phi) is 3.01. The van der Waals surface area contributed by atoms with Crippen LogP contribution in [0.25, 0.3) is 5.76 Å². The zero-order valence-corrected chi connectivity index (χ0v) is 11.8. The first-order chi connectivity index (χ1) is 9.95. The monoisotopic (exact) mass is 284 g/mol. The molecule has 1 aliphatic heterocycles. The van der Waals surface area contributed by atoms with E-state index in [2.05, 4.69) is 0 Å². The van der Waals surface area contributed by atoms with Crippen LogP contribution in [-0.2, 0) is 6.42 Å². The second-order valence-corrected chi connectivity index (χ2v) is 5.30. The van der Waals surface area contributed by atoms with Crippen molar-refractivity contribution in [1.82, 2.24) is 0 Å². The number of aliphatic hydroxyl groups is 1. The maximum Gasteiger partial charge on any atom is 0.172 e. The zero-order valence-electron chi connectivity index (χ0n) is 11.8. The quantitative estimate of drug-likeness (QED) is 0.748. The summed E-state index contributed by atoms with van der Waals surface area (Å²) in [5.74, 6) is 0.614. The van der Waals surface area contributed by atoms with Gasteiger partial charge in [0.1, 0.15) is 23.0 Å². The maximum absolute atomic E-state index is 10.2. The predicted octanol–water partition coefficient (Wildman–Crippen LogP) is 3.58. The van der Waals surface area contributed by atoms with Crippen LogP contribution in [0.4, 0.5) is 0 Å². The Morgan fingerprint density at radius 2 is 1.71 bits per heavy atom. The van der Waals surface area contributed by atoms with E-state index in [9.17, 15) is 15.3 Å². The van der Waals surface area contributed by atoms with Crippen LogP contribution >= 0.6 is 0 Å². The molecule has 21 heavy (non-hydrogen) atoms. The van der Waals surface area contributed by atoms with Gasteiger partial charge in [-0.25, -0.2) is 0 Å². The van der Waals surface area contributed by atoms with Gasteiger partial charge in [0.15, 0.2) is 5.76 Å². The van der Waals surface area contributed by atoms with Crippen LogP contribution in [0.5, 0.6) is 17.2 Å². The van der Waals surface area contributed by atoms with E-state index in [0.29, 0.717) is 17.1 Å². The third-order valence-electron chi connectivity index (χ3n) is 3.76. The van der Waals surface area contributed by atoms with Crippen LogP contribution in [0.3, 0.4) is 0 Å². The molecule has 108 valence electrons. The Morgan fingerprint density at radius 1 is 0.952 bits per heavy atom. The average Bonchev–Trinajstić information content (AvgIpc) is 2.42. The first-order valence-electron chi connectivity index (χ1n) is 6.68. The van der Waals surface area contributed by atoms with Gasteiger partial charge in [0.25, 0.3) is 0 Å². The fraction of sp³-hybridized carbons (Fsp3) is 0.176. The molecule has 0 amide bonds. The lowest BCUT2D eigenvalue weighted by Gasteiger charge is -2.22. The summed E-state index contributed by atoms with van der Waals surface area (Å²) < 4.78 is 5.70. The Labute approximate surface area is 122 Å². The van der Waals surface area contributed by atoms with Crippen molar-refractivity contribution in [2.45, 2.75) is 20.3 Å². The lowest BCUT2D eigenvalue weighted by Crippen LogP contribution is -2.10. The molecule has 2 aromatic rings. The minimum absolute atomic E-state index is 0.0618. The van der Waals surface area contributed by atoms with Crippen molar-refractivity contribution in [2.75, 3.05) is 0 Å². The Hall–Kier alpha value is -2.62. The van der Waals surface area contributed by atoms with Crippen LogP contribution in [0.15, 0.2) is 36.1 Å². The molecule has 1 heterocycles. The topological polar surface area (TPSA) is 69.9 Å². The number of aliphatic hydroxyl groups excluding tert-OH is 1. The molecule has 0 fully saturated rings. The van der Waals surface area contributed by atoms with Gasteiger partial charge in [-0.2, -0.15) is 0 Å². The van der Waals surface area contributed by atoms with Crippen LogP contribution in [0.1, 0.15) is 22.3 Å². The standard InChI is InChI=1S/C17H16O4/c1-9-3-4-11(5-10(9)2)17-15(20)8-13-14(19)6-12(18)7-16(13)21-17/h3-7,18-20H,8H2,1-2H3. The Morgan fingerprint density at radius 3 is 2.43 bits per heavy atom. The summed E-state index contributed by atoms with van der Waals surface area (Å²) in [6.07, 6.45) is 0.170. The highest BCUT2D eigenvalue weighted by Gasteiger charge is 2.24. The van der Waals surface area contributed by atoms with Gasteiger partial charge in [-0.15, -0.1) is 0 Å². The summed E-state index contributed by atoms with van der Waals surface area (Å²) in [6, 6.07) is 8.44. The van der Waals surface area contributed by atoms with Gasteiger partial charge in [0.2, 0.25) is 0 Å². The Bertz CT molecular complexity index is 760. The maximum atomic E-state index is 10.2. The SMILES string of the molecule is Cc1ccc(C2=C(O)Cc3c(O)cc(O)cc3O2)cc1C. The van der Waals surface area contributed by atoms with Crippen LogP contribution in [0, 0.1) is 13.8 Å². The van der Waals surface area contributed by atoms with Crippen LogP contribution < -0.4 is 4.74 Å². The molecule has 2 aromatic carbocycles. The van der Waals surface area contributed by atoms with E-state index in [1.165, 1.54) is 12.1 Å². The minimum Gasteiger partial charge on any atom is -0.508 e. The molecular weight excluding hydrogens is 268 g/mol. The average molecular weight is 284 g/mol. The number of fused-ring (bicyclic) bond motifs is 1. The second kappa shape index (κ2) is 4.74. The van der Waals surface area contributed by atoms with E-state index in [0.717, 1.165) is 16.7 Å². The Balaban J connectivity index is 2.07. The van der Waals surface area contributed by atoms with Crippen LogP contribution in [-0.4, -0.2) is 15.3 Å². The van der Waals surface area contributed by atoms with E-state index < -0.39 is 0 Å². The normalized spacial score (nSPS) is 13.8. The largest absolute Gasteiger partial charge is 0.508 e. The molecule has 0 radical (unpaired) electrons. The van der Waals surface area contributed by atoms with Gasteiger partial charge in [-0.3, -0.25) is 0 Å². The van der Waals surface area contributed by atoms with Crippen molar-refractivity contribution in [3.8, 4) is 17.2 Å². The van der Waals surface area contributed by atoms with E-state index in [1.54, 1.807) is 0 Å². The molecule has 0 saturated carbocycles. The molecule has 0 spiro atoms. The summed E-state index contributed by atoms with van der Waals surface area (Å²) in [7, 11) is 0. The summed E-state index contributed by atoms with van der Waals surface area (Å²) in [5.41, 5.74) is 3.49. The summed E-state index contributed by atoms with van der Waals surface area (Å²) >= 11 is 0. The molecule has 0 atom stereocenters. The number of aromatic hydroxyl groups is 2. The summed E-state index contributed by atoms with van der Waals surface area (Å²) in [5, 5.41) is 29.6. The lowest BCUT2D eigenvalue weighted by molar-refractivity contribution is 0.349.